The number of methoxy groups -OCH3 is 1. The number of para-hydroxylation sites is 1. The van der Waals surface area contributed by atoms with E-state index in [-0.39, 0.29) is 18.2 Å². The van der Waals surface area contributed by atoms with Crippen molar-refractivity contribution in [2.75, 3.05) is 7.11 Å². The largest absolute Gasteiger partial charge is 0.496 e. The first-order chi connectivity index (χ1) is 12.6. The Hall–Kier alpha value is -2.42. The van der Waals surface area contributed by atoms with Gasteiger partial charge >= 0.3 is 0 Å². The van der Waals surface area contributed by atoms with Crippen LogP contribution in [0, 0.1) is 11.3 Å². The SMILES string of the molecule is COc1ccccc1[C@H]1CC(=O)NC(SCc2ccccc2Cl)=C1C#N. The molecule has 1 N–H and O–H groups in total. The Bertz CT molecular complexity index is 905. The Labute approximate surface area is 161 Å². The Morgan fingerprint density at radius 1 is 1.27 bits per heavy atom. The van der Waals surface area contributed by atoms with Crippen molar-refractivity contribution in [3.63, 3.8) is 0 Å². The lowest BCUT2D eigenvalue weighted by Gasteiger charge is -2.26. The third kappa shape index (κ3) is 3.87. The fourth-order valence-corrected chi connectivity index (χ4v) is 4.28. The van der Waals surface area contributed by atoms with E-state index in [2.05, 4.69) is 11.4 Å². The van der Waals surface area contributed by atoms with Crippen LogP contribution in [0.4, 0.5) is 0 Å². The Morgan fingerprint density at radius 3 is 2.73 bits per heavy atom. The highest BCUT2D eigenvalue weighted by molar-refractivity contribution is 8.02. The molecule has 132 valence electrons. The van der Waals surface area contributed by atoms with E-state index in [9.17, 15) is 10.1 Å². The van der Waals surface area contributed by atoms with E-state index >= 15 is 0 Å². The number of thioether (sulfide) groups is 1. The predicted molar refractivity (Wildman–Crippen MR) is 104 cm³/mol. The number of hydrogen-bond acceptors (Lipinski definition) is 4. The summed E-state index contributed by atoms with van der Waals surface area (Å²) in [6.07, 6.45) is 0.222. The number of carbonyl (C=O) groups excluding carboxylic acids is 1. The molecule has 0 unspecified atom stereocenters. The highest BCUT2D eigenvalue weighted by Crippen LogP contribution is 2.40. The van der Waals surface area contributed by atoms with Gasteiger partial charge in [-0.15, -0.1) is 11.8 Å². The molecule has 2 aromatic carbocycles. The molecule has 0 radical (unpaired) electrons. The second-order valence-corrected chi connectivity index (χ2v) is 7.17. The molecule has 0 bridgehead atoms. The molecule has 1 heterocycles. The molecule has 0 saturated carbocycles. The second-order valence-electron chi connectivity index (χ2n) is 5.78. The standard InChI is InChI=1S/C20H17ClN2O2S/c1-25-18-9-5-3-7-14(18)15-10-19(24)23-20(16(15)11-22)26-12-13-6-2-4-8-17(13)21/h2-9,15H,10,12H2,1H3,(H,23,24)/t15-/m1/s1. The molecule has 1 atom stereocenters. The van der Waals surface area contributed by atoms with Gasteiger partial charge in [-0.25, -0.2) is 0 Å². The van der Waals surface area contributed by atoms with Gasteiger partial charge in [-0.3, -0.25) is 4.79 Å². The first kappa shape index (κ1) is 18.4. The first-order valence-electron chi connectivity index (χ1n) is 8.07. The van der Waals surface area contributed by atoms with Crippen LogP contribution in [0.3, 0.4) is 0 Å². The third-order valence-electron chi connectivity index (χ3n) is 4.20. The van der Waals surface area contributed by atoms with Crippen LogP contribution in [0.2, 0.25) is 5.02 Å². The van der Waals surface area contributed by atoms with Crippen molar-refractivity contribution in [2.45, 2.75) is 18.1 Å². The fraction of sp³-hybridized carbons (Fsp3) is 0.200. The van der Waals surface area contributed by atoms with Gasteiger partial charge in [-0.2, -0.15) is 5.26 Å². The van der Waals surface area contributed by atoms with Crippen LogP contribution >= 0.6 is 23.4 Å². The molecule has 1 aliphatic rings. The molecule has 1 aliphatic heterocycles. The second kappa shape index (κ2) is 8.31. The van der Waals surface area contributed by atoms with Gasteiger partial charge in [-0.1, -0.05) is 48.0 Å². The molecule has 4 nitrogen and oxygen atoms in total. The number of nitrogens with one attached hydrogen (secondary N) is 1. The van der Waals surface area contributed by atoms with Gasteiger partial charge in [0.1, 0.15) is 5.75 Å². The maximum absolute atomic E-state index is 12.3. The van der Waals surface area contributed by atoms with E-state index < -0.39 is 0 Å². The van der Waals surface area contributed by atoms with E-state index in [0.717, 1.165) is 11.1 Å². The minimum atomic E-state index is -0.321. The molecule has 2 aromatic rings. The number of nitrogens with zero attached hydrogens (tertiary/aromatic N) is 1. The molecule has 0 aliphatic carbocycles. The Balaban J connectivity index is 1.94. The molecular formula is C20H17ClN2O2S. The maximum atomic E-state index is 12.3. The van der Waals surface area contributed by atoms with Crippen molar-refractivity contribution in [1.29, 1.82) is 5.26 Å². The van der Waals surface area contributed by atoms with E-state index in [4.69, 9.17) is 16.3 Å². The number of allylic oxidation sites excluding steroid dienone is 1. The summed E-state index contributed by atoms with van der Waals surface area (Å²) in [5.74, 6) is 0.815. The number of benzene rings is 2. The van der Waals surface area contributed by atoms with Gasteiger partial charge in [0.25, 0.3) is 0 Å². The van der Waals surface area contributed by atoms with Crippen molar-refractivity contribution < 1.29 is 9.53 Å². The van der Waals surface area contributed by atoms with Gasteiger partial charge in [0.15, 0.2) is 0 Å². The number of nitriles is 1. The fourth-order valence-electron chi connectivity index (χ4n) is 2.92. The van der Waals surface area contributed by atoms with Crippen LogP contribution in [-0.2, 0) is 10.5 Å². The number of carbonyl (C=O) groups is 1. The van der Waals surface area contributed by atoms with Crippen molar-refractivity contribution in [3.05, 3.63) is 75.3 Å². The van der Waals surface area contributed by atoms with E-state index in [1.54, 1.807) is 7.11 Å². The average Bonchev–Trinajstić information content (AvgIpc) is 2.66. The predicted octanol–water partition coefficient (Wildman–Crippen LogP) is 4.62. The molecule has 0 fully saturated rings. The van der Waals surface area contributed by atoms with Crippen LogP contribution in [0.1, 0.15) is 23.5 Å². The van der Waals surface area contributed by atoms with Gasteiger partial charge in [0.2, 0.25) is 5.91 Å². The zero-order valence-electron chi connectivity index (χ0n) is 14.2. The molecular weight excluding hydrogens is 368 g/mol. The van der Waals surface area contributed by atoms with Crippen LogP contribution in [0.5, 0.6) is 5.75 Å². The van der Waals surface area contributed by atoms with Gasteiger partial charge < -0.3 is 10.1 Å². The average molecular weight is 385 g/mol. The molecule has 0 aromatic heterocycles. The number of rotatable bonds is 5. The minimum absolute atomic E-state index is 0.110. The normalized spacial score (nSPS) is 16.8. The first-order valence-corrected chi connectivity index (χ1v) is 9.43. The van der Waals surface area contributed by atoms with Crippen LogP contribution in [0.15, 0.2) is 59.1 Å². The van der Waals surface area contributed by atoms with Gasteiger partial charge in [0.05, 0.1) is 23.8 Å². The van der Waals surface area contributed by atoms with Crippen molar-refractivity contribution >= 4 is 29.3 Å². The number of hydrogen-bond donors (Lipinski definition) is 1. The quantitative estimate of drug-likeness (QED) is 0.816. The summed E-state index contributed by atoms with van der Waals surface area (Å²) < 4.78 is 5.42. The van der Waals surface area contributed by atoms with Gasteiger partial charge in [0, 0.05) is 28.7 Å². The van der Waals surface area contributed by atoms with Crippen molar-refractivity contribution in [1.82, 2.24) is 5.32 Å². The summed E-state index contributed by atoms with van der Waals surface area (Å²) in [5, 5.41) is 13.8. The molecule has 1 amide bonds. The zero-order chi connectivity index (χ0) is 18.5. The lowest BCUT2D eigenvalue weighted by Crippen LogP contribution is -2.31. The van der Waals surface area contributed by atoms with E-state index in [1.807, 2.05) is 48.5 Å². The molecule has 6 heteroatoms. The highest BCUT2D eigenvalue weighted by Gasteiger charge is 2.31. The molecule has 0 saturated heterocycles. The lowest BCUT2D eigenvalue weighted by molar-refractivity contribution is -0.120. The summed E-state index contributed by atoms with van der Waals surface area (Å²) in [4.78, 5) is 12.3. The maximum Gasteiger partial charge on any atom is 0.225 e. The summed E-state index contributed by atoms with van der Waals surface area (Å²) >= 11 is 7.62. The lowest BCUT2D eigenvalue weighted by atomic mass is 9.86. The smallest absolute Gasteiger partial charge is 0.225 e. The zero-order valence-corrected chi connectivity index (χ0v) is 15.7. The van der Waals surface area contributed by atoms with E-state index in [0.29, 0.717) is 27.1 Å². The van der Waals surface area contributed by atoms with E-state index in [1.165, 1.54) is 11.8 Å². The number of halogens is 1. The minimum Gasteiger partial charge on any atom is -0.496 e. The molecule has 3 rings (SSSR count). The van der Waals surface area contributed by atoms with Crippen LogP contribution < -0.4 is 10.1 Å². The van der Waals surface area contributed by atoms with Gasteiger partial charge in [-0.05, 0) is 17.7 Å². The number of amides is 1. The third-order valence-corrected chi connectivity index (χ3v) is 5.63. The highest BCUT2D eigenvalue weighted by atomic mass is 35.5. The van der Waals surface area contributed by atoms with Crippen molar-refractivity contribution in [2.24, 2.45) is 0 Å². The Morgan fingerprint density at radius 2 is 2.00 bits per heavy atom. The summed E-state index contributed by atoms with van der Waals surface area (Å²) in [6.45, 7) is 0. The molecule has 26 heavy (non-hydrogen) atoms. The molecule has 0 spiro atoms. The topological polar surface area (TPSA) is 62.1 Å². The van der Waals surface area contributed by atoms with Crippen molar-refractivity contribution in [3.8, 4) is 11.8 Å². The summed E-state index contributed by atoms with van der Waals surface area (Å²) in [5.41, 5.74) is 2.35. The van der Waals surface area contributed by atoms with Crippen LogP contribution in [-0.4, -0.2) is 13.0 Å². The summed E-state index contributed by atoms with van der Waals surface area (Å²) in [7, 11) is 1.59. The number of ether oxygens (including phenoxy) is 1. The Kier molecular flexibility index (Phi) is 5.87. The monoisotopic (exact) mass is 384 g/mol. The summed E-state index contributed by atoms with van der Waals surface area (Å²) in [6, 6.07) is 17.3. The van der Waals surface area contributed by atoms with Crippen LogP contribution in [0.25, 0.3) is 0 Å².